The van der Waals surface area contributed by atoms with Gasteiger partial charge >= 0.3 is 0 Å². The van der Waals surface area contributed by atoms with Crippen LogP contribution in [0.4, 0.5) is 0 Å². The van der Waals surface area contributed by atoms with E-state index in [1.807, 2.05) is 30.3 Å². The summed E-state index contributed by atoms with van der Waals surface area (Å²) < 4.78 is 5.34. The van der Waals surface area contributed by atoms with Crippen molar-refractivity contribution in [1.29, 1.82) is 5.26 Å². The highest BCUT2D eigenvalue weighted by atomic mass is 16.3. The van der Waals surface area contributed by atoms with Crippen molar-refractivity contribution in [2.24, 2.45) is 0 Å². The van der Waals surface area contributed by atoms with Gasteiger partial charge in [-0.2, -0.15) is 5.26 Å². The Kier molecular flexibility index (Phi) is 4.97. The summed E-state index contributed by atoms with van der Waals surface area (Å²) in [5.74, 6) is 1.03. The van der Waals surface area contributed by atoms with E-state index >= 15 is 0 Å². The van der Waals surface area contributed by atoms with Crippen molar-refractivity contribution in [2.45, 2.75) is 38.8 Å². The zero-order valence-corrected chi connectivity index (χ0v) is 12.0. The van der Waals surface area contributed by atoms with Crippen molar-refractivity contribution in [3.63, 3.8) is 0 Å². The molecule has 0 radical (unpaired) electrons. The van der Waals surface area contributed by atoms with Gasteiger partial charge in [-0.3, -0.25) is 0 Å². The molecule has 3 heteroatoms. The van der Waals surface area contributed by atoms with Gasteiger partial charge in [0.1, 0.15) is 5.76 Å². The molecule has 2 aromatic rings. The molecule has 0 amide bonds. The maximum absolute atomic E-state index is 8.93. The lowest BCUT2D eigenvalue weighted by molar-refractivity contribution is 0.430. The summed E-state index contributed by atoms with van der Waals surface area (Å²) in [5.41, 5.74) is 1.85. The normalized spacial score (nSPS) is 13.7. The zero-order valence-electron chi connectivity index (χ0n) is 12.0. The van der Waals surface area contributed by atoms with Gasteiger partial charge < -0.3 is 9.73 Å². The van der Waals surface area contributed by atoms with E-state index in [1.54, 1.807) is 6.26 Å². The van der Waals surface area contributed by atoms with Crippen molar-refractivity contribution >= 4 is 0 Å². The van der Waals surface area contributed by atoms with Crippen LogP contribution in [0.3, 0.4) is 0 Å². The molecule has 0 saturated heterocycles. The van der Waals surface area contributed by atoms with Crippen molar-refractivity contribution < 1.29 is 4.42 Å². The topological polar surface area (TPSA) is 49.0 Å². The largest absolute Gasteiger partial charge is 0.469 e. The molecule has 1 heterocycles. The van der Waals surface area contributed by atoms with Crippen LogP contribution in [0.25, 0.3) is 0 Å². The first-order valence-electron chi connectivity index (χ1n) is 6.97. The van der Waals surface area contributed by atoms with Crippen LogP contribution in [-0.2, 0) is 6.42 Å². The molecule has 0 saturated carbocycles. The van der Waals surface area contributed by atoms with Gasteiger partial charge in [0, 0.05) is 18.5 Å². The predicted octanol–water partition coefficient (Wildman–Crippen LogP) is 3.82. The number of furan rings is 1. The van der Waals surface area contributed by atoms with Gasteiger partial charge in [-0.05, 0) is 50.1 Å². The van der Waals surface area contributed by atoms with Gasteiger partial charge in [0.25, 0.3) is 0 Å². The standard InChI is InChI=1S/C17H20N2O/c1-13(8-9-17-7-4-10-20-17)19-14(2)16-6-3-5-15(11-16)12-18/h3-7,10-11,13-14,19H,8-9H2,1-2H3. The lowest BCUT2D eigenvalue weighted by Gasteiger charge is -2.20. The van der Waals surface area contributed by atoms with E-state index in [0.717, 1.165) is 24.2 Å². The van der Waals surface area contributed by atoms with E-state index in [0.29, 0.717) is 11.6 Å². The van der Waals surface area contributed by atoms with E-state index < -0.39 is 0 Å². The Bertz CT molecular complexity index is 569. The van der Waals surface area contributed by atoms with Gasteiger partial charge in [-0.1, -0.05) is 12.1 Å². The maximum Gasteiger partial charge on any atom is 0.103 e. The number of nitrogens with one attached hydrogen (secondary N) is 1. The third-order valence-corrected chi connectivity index (χ3v) is 3.45. The van der Waals surface area contributed by atoms with E-state index in [-0.39, 0.29) is 6.04 Å². The minimum atomic E-state index is 0.231. The van der Waals surface area contributed by atoms with Crippen LogP contribution in [0.5, 0.6) is 0 Å². The Hall–Kier alpha value is -2.05. The summed E-state index contributed by atoms with van der Waals surface area (Å²) in [4.78, 5) is 0. The molecular weight excluding hydrogens is 248 g/mol. The third kappa shape index (κ3) is 3.97. The highest BCUT2D eigenvalue weighted by Crippen LogP contribution is 2.16. The fourth-order valence-electron chi connectivity index (χ4n) is 2.30. The summed E-state index contributed by atoms with van der Waals surface area (Å²) >= 11 is 0. The van der Waals surface area contributed by atoms with Crippen molar-refractivity contribution in [3.8, 4) is 6.07 Å². The average Bonchev–Trinajstić information content (AvgIpc) is 2.98. The Morgan fingerprint density at radius 1 is 1.25 bits per heavy atom. The summed E-state index contributed by atoms with van der Waals surface area (Å²) in [5, 5.41) is 12.5. The molecule has 0 fully saturated rings. The van der Waals surface area contributed by atoms with Gasteiger partial charge in [0.15, 0.2) is 0 Å². The molecular formula is C17H20N2O. The molecule has 2 unspecified atom stereocenters. The van der Waals surface area contributed by atoms with E-state index in [2.05, 4.69) is 31.3 Å². The Labute approximate surface area is 120 Å². The van der Waals surface area contributed by atoms with Crippen LogP contribution in [0.1, 0.15) is 43.2 Å². The second-order valence-corrected chi connectivity index (χ2v) is 5.14. The molecule has 1 aromatic heterocycles. The van der Waals surface area contributed by atoms with Crippen LogP contribution in [0, 0.1) is 11.3 Å². The van der Waals surface area contributed by atoms with Gasteiger partial charge in [0.05, 0.1) is 17.9 Å². The fourth-order valence-corrected chi connectivity index (χ4v) is 2.30. The van der Waals surface area contributed by atoms with Crippen LogP contribution in [0.15, 0.2) is 47.1 Å². The molecule has 20 heavy (non-hydrogen) atoms. The van der Waals surface area contributed by atoms with Crippen molar-refractivity contribution in [3.05, 3.63) is 59.5 Å². The molecule has 2 rings (SSSR count). The number of hydrogen-bond acceptors (Lipinski definition) is 3. The monoisotopic (exact) mass is 268 g/mol. The van der Waals surface area contributed by atoms with E-state index in [1.165, 1.54) is 0 Å². The summed E-state index contributed by atoms with van der Waals surface area (Å²) in [6.07, 6.45) is 3.67. The molecule has 104 valence electrons. The first-order valence-corrected chi connectivity index (χ1v) is 6.97. The van der Waals surface area contributed by atoms with E-state index in [4.69, 9.17) is 9.68 Å². The summed E-state index contributed by atoms with van der Waals surface area (Å²) in [6, 6.07) is 14.5. The van der Waals surface area contributed by atoms with Gasteiger partial charge in [-0.25, -0.2) is 0 Å². The van der Waals surface area contributed by atoms with Gasteiger partial charge in [-0.15, -0.1) is 0 Å². The van der Waals surface area contributed by atoms with E-state index in [9.17, 15) is 0 Å². The molecule has 1 N–H and O–H groups in total. The first kappa shape index (κ1) is 14.4. The third-order valence-electron chi connectivity index (χ3n) is 3.45. The number of hydrogen-bond donors (Lipinski definition) is 1. The van der Waals surface area contributed by atoms with Crippen molar-refractivity contribution in [2.75, 3.05) is 0 Å². The smallest absolute Gasteiger partial charge is 0.103 e. The number of rotatable bonds is 6. The summed E-state index contributed by atoms with van der Waals surface area (Å²) in [6.45, 7) is 4.30. The highest BCUT2D eigenvalue weighted by molar-refractivity contribution is 5.34. The lowest BCUT2D eigenvalue weighted by atomic mass is 10.0. The second-order valence-electron chi connectivity index (χ2n) is 5.14. The fraction of sp³-hybridized carbons (Fsp3) is 0.353. The average molecular weight is 268 g/mol. The molecule has 0 aliphatic rings. The molecule has 0 bridgehead atoms. The number of nitriles is 1. The molecule has 0 spiro atoms. The maximum atomic E-state index is 8.93. The minimum absolute atomic E-state index is 0.231. The zero-order chi connectivity index (χ0) is 14.4. The van der Waals surface area contributed by atoms with Crippen LogP contribution >= 0.6 is 0 Å². The molecule has 0 aliphatic carbocycles. The Morgan fingerprint density at radius 3 is 2.80 bits per heavy atom. The number of benzene rings is 1. The number of nitrogens with zero attached hydrogens (tertiary/aromatic N) is 1. The highest BCUT2D eigenvalue weighted by Gasteiger charge is 2.10. The Balaban J connectivity index is 1.86. The first-order chi connectivity index (χ1) is 9.69. The number of aryl methyl sites for hydroxylation is 1. The van der Waals surface area contributed by atoms with Crippen LogP contribution < -0.4 is 5.32 Å². The molecule has 2 atom stereocenters. The summed E-state index contributed by atoms with van der Waals surface area (Å²) in [7, 11) is 0. The Morgan fingerprint density at radius 2 is 2.10 bits per heavy atom. The quantitative estimate of drug-likeness (QED) is 0.866. The van der Waals surface area contributed by atoms with Gasteiger partial charge in [0.2, 0.25) is 0 Å². The molecule has 0 aliphatic heterocycles. The minimum Gasteiger partial charge on any atom is -0.469 e. The van der Waals surface area contributed by atoms with Crippen molar-refractivity contribution in [1.82, 2.24) is 5.32 Å². The van der Waals surface area contributed by atoms with Crippen LogP contribution in [0.2, 0.25) is 0 Å². The molecule has 3 nitrogen and oxygen atoms in total. The SMILES string of the molecule is CC(CCc1ccco1)NC(C)c1cccc(C#N)c1. The lowest BCUT2D eigenvalue weighted by Crippen LogP contribution is -2.29. The predicted molar refractivity (Wildman–Crippen MR) is 79.2 cm³/mol. The van der Waals surface area contributed by atoms with Crippen LogP contribution in [-0.4, -0.2) is 6.04 Å². The second kappa shape index (κ2) is 6.93. The molecule has 1 aromatic carbocycles.